The smallest absolute Gasteiger partial charge is 0.0897 e. The summed E-state index contributed by atoms with van der Waals surface area (Å²) >= 11 is 0. The van der Waals surface area contributed by atoms with E-state index in [4.69, 9.17) is 9.47 Å². The second-order valence-corrected chi connectivity index (χ2v) is 5.70. The molecule has 0 bridgehead atoms. The number of ether oxygens (including phenoxy) is 2. The fourth-order valence-electron chi connectivity index (χ4n) is 2.10. The zero-order valence-corrected chi connectivity index (χ0v) is 12.0. The molecule has 18 heavy (non-hydrogen) atoms. The zero-order valence-electron chi connectivity index (χ0n) is 12.0. The van der Waals surface area contributed by atoms with E-state index < -0.39 is 6.10 Å². The molecule has 1 aliphatic rings. The van der Waals surface area contributed by atoms with Gasteiger partial charge in [0, 0.05) is 26.3 Å². The number of aliphatic hydroxyl groups excluding tert-OH is 1. The summed E-state index contributed by atoms with van der Waals surface area (Å²) in [7, 11) is 1.75. The summed E-state index contributed by atoms with van der Waals surface area (Å²) in [5.74, 6) is 0.729. The van der Waals surface area contributed by atoms with Crippen LogP contribution >= 0.6 is 0 Å². The van der Waals surface area contributed by atoms with E-state index in [1.54, 1.807) is 7.11 Å². The first-order valence-corrected chi connectivity index (χ1v) is 7.13. The Labute approximate surface area is 111 Å². The van der Waals surface area contributed by atoms with Crippen LogP contribution in [0.25, 0.3) is 0 Å². The van der Waals surface area contributed by atoms with Gasteiger partial charge in [0.2, 0.25) is 0 Å². The summed E-state index contributed by atoms with van der Waals surface area (Å²) in [4.78, 5) is 0. The summed E-state index contributed by atoms with van der Waals surface area (Å²) in [6.07, 6.45) is 4.39. The van der Waals surface area contributed by atoms with E-state index in [2.05, 4.69) is 19.2 Å². The molecule has 1 unspecified atom stereocenters. The van der Waals surface area contributed by atoms with Crippen LogP contribution in [0.3, 0.4) is 0 Å². The van der Waals surface area contributed by atoms with Crippen LogP contribution in [-0.4, -0.2) is 50.2 Å². The van der Waals surface area contributed by atoms with E-state index in [1.165, 1.54) is 6.42 Å². The maximum atomic E-state index is 9.73. The van der Waals surface area contributed by atoms with Gasteiger partial charge < -0.3 is 19.9 Å². The lowest BCUT2D eigenvalue weighted by Crippen LogP contribution is -2.47. The minimum Gasteiger partial charge on any atom is -0.389 e. The molecule has 0 heterocycles. The molecule has 0 aromatic heterocycles. The second kappa shape index (κ2) is 8.86. The van der Waals surface area contributed by atoms with Gasteiger partial charge in [-0.2, -0.15) is 0 Å². The topological polar surface area (TPSA) is 50.7 Å². The third-order valence-electron chi connectivity index (χ3n) is 3.45. The molecule has 0 aromatic rings. The number of rotatable bonds is 10. The van der Waals surface area contributed by atoms with Gasteiger partial charge in [0.25, 0.3) is 0 Å². The number of hydrogen-bond acceptors (Lipinski definition) is 4. The molecular formula is C14H29NO3. The molecular weight excluding hydrogens is 230 g/mol. The van der Waals surface area contributed by atoms with Crippen LogP contribution in [0.15, 0.2) is 0 Å². The Morgan fingerprint density at radius 1 is 1.33 bits per heavy atom. The highest BCUT2D eigenvalue weighted by Gasteiger charge is 2.28. The van der Waals surface area contributed by atoms with E-state index in [1.807, 2.05) is 0 Å². The molecule has 0 saturated heterocycles. The Balaban J connectivity index is 1.87. The fourth-order valence-corrected chi connectivity index (χ4v) is 2.10. The molecule has 0 aliphatic heterocycles. The third kappa shape index (κ3) is 6.69. The van der Waals surface area contributed by atoms with Gasteiger partial charge in [-0.1, -0.05) is 13.8 Å². The summed E-state index contributed by atoms with van der Waals surface area (Å²) in [5, 5.41) is 13.1. The van der Waals surface area contributed by atoms with Gasteiger partial charge in [0.05, 0.1) is 18.8 Å². The van der Waals surface area contributed by atoms with Crippen molar-refractivity contribution in [3.05, 3.63) is 0 Å². The molecule has 108 valence electrons. The first-order valence-electron chi connectivity index (χ1n) is 7.13. The lowest BCUT2D eigenvalue weighted by molar-refractivity contribution is 0.00390. The van der Waals surface area contributed by atoms with Crippen LogP contribution in [0.4, 0.5) is 0 Å². The average Bonchev–Trinajstić information content (AvgIpc) is 2.26. The Kier molecular flexibility index (Phi) is 7.82. The van der Waals surface area contributed by atoms with E-state index in [-0.39, 0.29) is 0 Å². The van der Waals surface area contributed by atoms with E-state index >= 15 is 0 Å². The Bertz CT molecular complexity index is 205. The van der Waals surface area contributed by atoms with Gasteiger partial charge in [0.1, 0.15) is 0 Å². The highest BCUT2D eigenvalue weighted by molar-refractivity contribution is 4.86. The Morgan fingerprint density at radius 3 is 2.67 bits per heavy atom. The minimum absolute atomic E-state index is 0.398. The van der Waals surface area contributed by atoms with Crippen LogP contribution in [0.2, 0.25) is 0 Å². The predicted octanol–water partition coefficient (Wildman–Crippen LogP) is 1.57. The van der Waals surface area contributed by atoms with Crippen LogP contribution in [0.1, 0.15) is 39.5 Å². The van der Waals surface area contributed by atoms with Crippen molar-refractivity contribution < 1.29 is 14.6 Å². The second-order valence-electron chi connectivity index (χ2n) is 5.70. The standard InChI is InChI=1S/C14H29NO3/c1-11(2)5-4-6-18-10-13(16)9-15-12-7-14(8-12)17-3/h11-16H,4-10H2,1-3H3. The monoisotopic (exact) mass is 259 g/mol. The quantitative estimate of drug-likeness (QED) is 0.585. The Hall–Kier alpha value is -0.160. The third-order valence-corrected chi connectivity index (χ3v) is 3.45. The van der Waals surface area contributed by atoms with Crippen LogP contribution in [0.5, 0.6) is 0 Å². The van der Waals surface area contributed by atoms with E-state index in [0.29, 0.717) is 25.3 Å². The molecule has 1 aliphatic carbocycles. The highest BCUT2D eigenvalue weighted by Crippen LogP contribution is 2.22. The molecule has 0 aromatic carbocycles. The van der Waals surface area contributed by atoms with Crippen molar-refractivity contribution in [2.75, 3.05) is 26.9 Å². The molecule has 1 fully saturated rings. The van der Waals surface area contributed by atoms with Crippen molar-refractivity contribution in [1.29, 1.82) is 0 Å². The lowest BCUT2D eigenvalue weighted by Gasteiger charge is -2.35. The predicted molar refractivity (Wildman–Crippen MR) is 72.7 cm³/mol. The van der Waals surface area contributed by atoms with Crippen LogP contribution in [-0.2, 0) is 9.47 Å². The molecule has 1 rings (SSSR count). The molecule has 2 N–H and O–H groups in total. The number of nitrogens with one attached hydrogen (secondary N) is 1. The van der Waals surface area contributed by atoms with Gasteiger partial charge in [-0.3, -0.25) is 0 Å². The highest BCUT2D eigenvalue weighted by atomic mass is 16.5. The molecule has 0 amide bonds. The summed E-state index contributed by atoms with van der Waals surface area (Å²) in [5.41, 5.74) is 0. The SMILES string of the molecule is COC1CC(NCC(O)COCCCC(C)C)C1. The largest absolute Gasteiger partial charge is 0.389 e. The van der Waals surface area contributed by atoms with Crippen molar-refractivity contribution in [3.8, 4) is 0 Å². The van der Waals surface area contributed by atoms with Gasteiger partial charge in [-0.25, -0.2) is 0 Å². The van der Waals surface area contributed by atoms with E-state index in [9.17, 15) is 5.11 Å². The van der Waals surface area contributed by atoms with E-state index in [0.717, 1.165) is 31.8 Å². The maximum Gasteiger partial charge on any atom is 0.0897 e. The maximum absolute atomic E-state index is 9.73. The summed E-state index contributed by atoms with van der Waals surface area (Å²) < 4.78 is 10.7. The summed E-state index contributed by atoms with van der Waals surface area (Å²) in [6.45, 7) is 6.23. The molecule has 1 atom stereocenters. The average molecular weight is 259 g/mol. The first-order chi connectivity index (χ1) is 8.61. The number of methoxy groups -OCH3 is 1. The van der Waals surface area contributed by atoms with Gasteiger partial charge in [-0.05, 0) is 31.6 Å². The Morgan fingerprint density at radius 2 is 2.06 bits per heavy atom. The first kappa shape index (κ1) is 15.9. The molecule has 4 heteroatoms. The van der Waals surface area contributed by atoms with Gasteiger partial charge in [-0.15, -0.1) is 0 Å². The van der Waals surface area contributed by atoms with Crippen molar-refractivity contribution in [2.24, 2.45) is 5.92 Å². The van der Waals surface area contributed by atoms with Crippen LogP contribution in [0, 0.1) is 5.92 Å². The lowest BCUT2D eigenvalue weighted by atomic mass is 9.89. The van der Waals surface area contributed by atoms with Crippen molar-refractivity contribution >= 4 is 0 Å². The number of hydrogen-bond donors (Lipinski definition) is 2. The molecule has 0 spiro atoms. The zero-order chi connectivity index (χ0) is 13.4. The van der Waals surface area contributed by atoms with Crippen molar-refractivity contribution in [1.82, 2.24) is 5.32 Å². The molecule has 4 nitrogen and oxygen atoms in total. The fraction of sp³-hybridized carbons (Fsp3) is 1.00. The van der Waals surface area contributed by atoms with Gasteiger partial charge in [0.15, 0.2) is 0 Å². The molecule has 1 saturated carbocycles. The van der Waals surface area contributed by atoms with Gasteiger partial charge >= 0.3 is 0 Å². The van der Waals surface area contributed by atoms with Crippen molar-refractivity contribution in [2.45, 2.75) is 57.8 Å². The summed E-state index contributed by atoms with van der Waals surface area (Å²) in [6, 6.07) is 0.505. The normalized spacial score (nSPS) is 25.2. The minimum atomic E-state index is -0.398. The molecule has 0 radical (unpaired) electrons. The van der Waals surface area contributed by atoms with Crippen LogP contribution < -0.4 is 5.32 Å². The number of aliphatic hydroxyl groups is 1. The van der Waals surface area contributed by atoms with Crippen molar-refractivity contribution in [3.63, 3.8) is 0 Å².